The van der Waals surface area contributed by atoms with E-state index in [1.54, 1.807) is 0 Å². The van der Waals surface area contributed by atoms with Crippen LogP contribution in [-0.2, 0) is 11.3 Å². The highest BCUT2D eigenvalue weighted by Gasteiger charge is 2.41. The standard InChI is InChI=1S/C21H28ClN3O2/c22-16-2-1-3-18-20(16)17(13-25(18)12-15(26)11-23)24-19(27)10-21-7-4-14(5-8-21)6-9-21/h1-3,13-15,26H,4-12,23H2,(H,24,27). The first-order chi connectivity index (χ1) is 13.0. The van der Waals surface area contributed by atoms with Crippen LogP contribution >= 0.6 is 11.6 Å². The van der Waals surface area contributed by atoms with Crippen molar-refractivity contribution in [2.24, 2.45) is 17.1 Å². The van der Waals surface area contributed by atoms with Crippen LogP contribution in [0.3, 0.4) is 0 Å². The zero-order valence-corrected chi connectivity index (χ0v) is 16.3. The molecule has 1 aromatic carbocycles. The maximum atomic E-state index is 12.9. The molecule has 5 nitrogen and oxygen atoms in total. The Labute approximate surface area is 164 Å². The van der Waals surface area contributed by atoms with Gasteiger partial charge in [-0.1, -0.05) is 17.7 Å². The summed E-state index contributed by atoms with van der Waals surface area (Å²) < 4.78 is 1.92. The zero-order valence-electron chi connectivity index (χ0n) is 15.6. The molecule has 4 N–H and O–H groups in total. The molecule has 1 atom stereocenters. The van der Waals surface area contributed by atoms with Crippen LogP contribution in [0.25, 0.3) is 10.9 Å². The van der Waals surface area contributed by atoms with E-state index in [1.165, 1.54) is 38.5 Å². The Morgan fingerprint density at radius 2 is 2.04 bits per heavy atom. The normalized spacial score (nSPS) is 25.7. The average molecular weight is 390 g/mol. The molecule has 1 unspecified atom stereocenters. The Hall–Kier alpha value is -1.56. The molecule has 1 amide bonds. The smallest absolute Gasteiger partial charge is 0.224 e. The molecule has 1 heterocycles. The van der Waals surface area contributed by atoms with Gasteiger partial charge in [0, 0.05) is 31.1 Å². The predicted molar refractivity (Wildman–Crippen MR) is 109 cm³/mol. The summed E-state index contributed by atoms with van der Waals surface area (Å²) in [4.78, 5) is 12.9. The fourth-order valence-electron chi connectivity index (χ4n) is 5.00. The summed E-state index contributed by atoms with van der Waals surface area (Å²) in [5.41, 5.74) is 7.36. The number of benzene rings is 1. The number of aromatic nitrogens is 1. The number of aliphatic hydroxyl groups is 1. The second-order valence-corrected chi connectivity index (χ2v) is 8.83. The van der Waals surface area contributed by atoms with Crippen LogP contribution in [-0.4, -0.2) is 28.2 Å². The van der Waals surface area contributed by atoms with E-state index in [9.17, 15) is 9.90 Å². The SMILES string of the molecule is NCC(O)Cn1cc(NC(=O)CC23CCC(CC2)CC3)c2c(Cl)cccc21. The largest absolute Gasteiger partial charge is 0.390 e. The molecule has 3 aliphatic carbocycles. The molecule has 146 valence electrons. The lowest BCUT2D eigenvalue weighted by atomic mass is 9.59. The number of carbonyl (C=O) groups is 1. The lowest BCUT2D eigenvalue weighted by Gasteiger charge is -2.46. The first-order valence-corrected chi connectivity index (χ1v) is 10.3. The summed E-state index contributed by atoms with van der Waals surface area (Å²) >= 11 is 6.43. The summed E-state index contributed by atoms with van der Waals surface area (Å²) in [6.45, 7) is 0.556. The number of nitrogens with two attached hydrogens (primary N) is 1. The van der Waals surface area contributed by atoms with Gasteiger partial charge in [-0.15, -0.1) is 0 Å². The van der Waals surface area contributed by atoms with Crippen LogP contribution in [0.1, 0.15) is 44.9 Å². The van der Waals surface area contributed by atoms with Gasteiger partial charge < -0.3 is 20.7 Å². The number of anilines is 1. The number of nitrogens with zero attached hydrogens (tertiary/aromatic N) is 1. The van der Waals surface area contributed by atoms with Gasteiger partial charge in [0.15, 0.2) is 0 Å². The monoisotopic (exact) mass is 389 g/mol. The molecule has 5 rings (SSSR count). The molecular weight excluding hydrogens is 362 g/mol. The molecule has 3 fully saturated rings. The van der Waals surface area contributed by atoms with Crippen molar-refractivity contribution in [3.05, 3.63) is 29.4 Å². The third-order valence-corrected chi connectivity index (χ3v) is 6.91. The van der Waals surface area contributed by atoms with Crippen LogP contribution < -0.4 is 11.1 Å². The summed E-state index contributed by atoms with van der Waals surface area (Å²) in [5, 5.41) is 14.5. The van der Waals surface area contributed by atoms with Gasteiger partial charge in [0.2, 0.25) is 5.91 Å². The van der Waals surface area contributed by atoms with E-state index in [1.807, 2.05) is 29.0 Å². The molecule has 0 spiro atoms. The molecule has 0 aliphatic heterocycles. The molecule has 3 saturated carbocycles. The van der Waals surface area contributed by atoms with Crippen molar-refractivity contribution in [1.82, 2.24) is 4.57 Å². The first-order valence-electron chi connectivity index (χ1n) is 9.95. The Morgan fingerprint density at radius 3 is 2.70 bits per heavy atom. The van der Waals surface area contributed by atoms with Crippen molar-refractivity contribution < 1.29 is 9.90 Å². The summed E-state index contributed by atoms with van der Waals surface area (Å²) in [5.74, 6) is 0.953. The van der Waals surface area contributed by atoms with E-state index < -0.39 is 6.10 Å². The highest BCUT2D eigenvalue weighted by atomic mass is 35.5. The summed E-state index contributed by atoms with van der Waals surface area (Å²) in [6, 6.07) is 5.65. The van der Waals surface area contributed by atoms with Crippen molar-refractivity contribution in [3.8, 4) is 0 Å². The summed E-state index contributed by atoms with van der Waals surface area (Å²) in [6.07, 6.45) is 9.16. The number of carbonyl (C=O) groups excluding carboxylic acids is 1. The molecule has 3 aliphatic rings. The van der Waals surface area contributed by atoms with Crippen LogP contribution in [0.4, 0.5) is 5.69 Å². The molecular formula is C21H28ClN3O2. The van der Waals surface area contributed by atoms with Gasteiger partial charge in [-0.2, -0.15) is 0 Å². The lowest BCUT2D eigenvalue weighted by molar-refractivity contribution is -0.120. The second-order valence-electron chi connectivity index (χ2n) is 8.43. The molecule has 27 heavy (non-hydrogen) atoms. The quantitative estimate of drug-likeness (QED) is 0.700. The van der Waals surface area contributed by atoms with Gasteiger partial charge in [-0.3, -0.25) is 4.79 Å². The van der Waals surface area contributed by atoms with Gasteiger partial charge in [-0.05, 0) is 62.0 Å². The van der Waals surface area contributed by atoms with E-state index in [0.29, 0.717) is 23.7 Å². The number of nitrogens with one attached hydrogen (secondary N) is 1. The van der Waals surface area contributed by atoms with Gasteiger partial charge in [0.25, 0.3) is 0 Å². The van der Waals surface area contributed by atoms with Gasteiger partial charge >= 0.3 is 0 Å². The van der Waals surface area contributed by atoms with E-state index in [-0.39, 0.29) is 17.9 Å². The van der Waals surface area contributed by atoms with Crippen LogP contribution in [0.15, 0.2) is 24.4 Å². The topological polar surface area (TPSA) is 80.3 Å². The minimum Gasteiger partial charge on any atom is -0.390 e. The number of aliphatic hydroxyl groups excluding tert-OH is 1. The van der Waals surface area contributed by atoms with Crippen LogP contribution in [0.5, 0.6) is 0 Å². The van der Waals surface area contributed by atoms with Crippen LogP contribution in [0, 0.1) is 11.3 Å². The third-order valence-electron chi connectivity index (χ3n) is 6.59. The third kappa shape index (κ3) is 3.73. The number of hydrogen-bond donors (Lipinski definition) is 3. The van der Waals surface area contributed by atoms with Crippen molar-refractivity contribution >= 4 is 34.1 Å². The second kappa shape index (κ2) is 7.46. The Kier molecular flexibility index (Phi) is 5.19. The minimum atomic E-state index is -0.639. The highest BCUT2D eigenvalue weighted by molar-refractivity contribution is 6.36. The lowest BCUT2D eigenvalue weighted by Crippen LogP contribution is -2.37. The molecule has 2 bridgehead atoms. The van der Waals surface area contributed by atoms with E-state index >= 15 is 0 Å². The number of fused-ring (bicyclic) bond motifs is 4. The van der Waals surface area contributed by atoms with E-state index in [2.05, 4.69) is 5.32 Å². The maximum absolute atomic E-state index is 12.9. The molecule has 2 aromatic rings. The van der Waals surface area contributed by atoms with Crippen molar-refractivity contribution in [2.75, 3.05) is 11.9 Å². The van der Waals surface area contributed by atoms with E-state index in [0.717, 1.165) is 16.8 Å². The molecule has 6 heteroatoms. The van der Waals surface area contributed by atoms with Crippen molar-refractivity contribution in [3.63, 3.8) is 0 Å². The summed E-state index contributed by atoms with van der Waals surface area (Å²) in [7, 11) is 0. The number of rotatable bonds is 6. The maximum Gasteiger partial charge on any atom is 0.224 e. The Balaban J connectivity index is 1.56. The van der Waals surface area contributed by atoms with Crippen molar-refractivity contribution in [1.29, 1.82) is 0 Å². The number of amides is 1. The van der Waals surface area contributed by atoms with Gasteiger partial charge in [-0.25, -0.2) is 0 Å². The van der Waals surface area contributed by atoms with Gasteiger partial charge in [0.05, 0.1) is 22.3 Å². The molecule has 0 saturated heterocycles. The van der Waals surface area contributed by atoms with E-state index in [4.69, 9.17) is 17.3 Å². The predicted octanol–water partition coefficient (Wildman–Crippen LogP) is 3.91. The zero-order chi connectivity index (χ0) is 19.0. The van der Waals surface area contributed by atoms with Crippen molar-refractivity contribution in [2.45, 2.75) is 57.6 Å². The molecule has 1 aromatic heterocycles. The number of hydrogen-bond acceptors (Lipinski definition) is 3. The molecule has 0 radical (unpaired) electrons. The fraction of sp³-hybridized carbons (Fsp3) is 0.571. The van der Waals surface area contributed by atoms with Crippen LogP contribution in [0.2, 0.25) is 5.02 Å². The average Bonchev–Trinajstić information content (AvgIpc) is 3.01. The highest BCUT2D eigenvalue weighted by Crippen LogP contribution is 2.52. The Morgan fingerprint density at radius 1 is 1.33 bits per heavy atom. The first kappa shape index (κ1) is 18.8. The minimum absolute atomic E-state index is 0.0636. The Bertz CT molecular complexity index is 826. The number of halogens is 1. The fourth-order valence-corrected chi connectivity index (χ4v) is 5.27. The van der Waals surface area contributed by atoms with Gasteiger partial charge in [0.1, 0.15) is 0 Å².